The minimum Gasteiger partial charge on any atom is -0.496 e. The number of nitrogen functional groups attached to an aromatic ring is 1. The minimum absolute atomic E-state index is 0.0429. The summed E-state index contributed by atoms with van der Waals surface area (Å²) < 4.78 is 5.18. The number of hydrogen-bond donors (Lipinski definition) is 2. The van der Waals surface area contributed by atoms with Crippen LogP contribution in [0.1, 0.15) is 28.2 Å². The number of methoxy groups -OCH3 is 1. The van der Waals surface area contributed by atoms with Gasteiger partial charge in [-0.25, -0.2) is 0 Å². The van der Waals surface area contributed by atoms with Crippen molar-refractivity contribution in [3.05, 3.63) is 46.2 Å². The van der Waals surface area contributed by atoms with Gasteiger partial charge in [0, 0.05) is 10.6 Å². The van der Waals surface area contributed by atoms with Crippen LogP contribution in [0.2, 0.25) is 0 Å². The highest BCUT2D eigenvalue weighted by Crippen LogP contribution is 2.23. The van der Waals surface area contributed by atoms with Crippen molar-refractivity contribution in [2.24, 2.45) is 0 Å². The van der Waals surface area contributed by atoms with Gasteiger partial charge in [0.1, 0.15) is 5.75 Å². The first-order valence-corrected chi connectivity index (χ1v) is 6.77. The van der Waals surface area contributed by atoms with Crippen LogP contribution in [0.25, 0.3) is 0 Å². The van der Waals surface area contributed by atoms with E-state index in [0.717, 1.165) is 4.88 Å². The minimum atomic E-state index is -0.190. The van der Waals surface area contributed by atoms with E-state index in [2.05, 4.69) is 5.32 Å². The summed E-state index contributed by atoms with van der Waals surface area (Å²) in [4.78, 5) is 13.3. The molecule has 3 N–H and O–H groups in total. The molecule has 1 amide bonds. The zero-order valence-corrected chi connectivity index (χ0v) is 11.7. The summed E-state index contributed by atoms with van der Waals surface area (Å²) in [6, 6.07) is 8.93. The first-order valence-electron chi connectivity index (χ1n) is 5.89. The van der Waals surface area contributed by atoms with Gasteiger partial charge in [-0.1, -0.05) is 6.07 Å². The highest BCUT2D eigenvalue weighted by atomic mass is 32.1. The fourth-order valence-corrected chi connectivity index (χ4v) is 2.52. The number of benzene rings is 1. The summed E-state index contributed by atoms with van der Waals surface area (Å²) in [5.41, 5.74) is 6.70. The van der Waals surface area contributed by atoms with Crippen molar-refractivity contribution in [3.8, 4) is 5.75 Å². The van der Waals surface area contributed by atoms with Crippen molar-refractivity contribution in [3.63, 3.8) is 0 Å². The summed E-state index contributed by atoms with van der Waals surface area (Å²) in [6.07, 6.45) is 0. The van der Waals surface area contributed by atoms with Crippen molar-refractivity contribution in [1.29, 1.82) is 0 Å². The summed E-state index contributed by atoms with van der Waals surface area (Å²) in [7, 11) is 1.53. The van der Waals surface area contributed by atoms with Gasteiger partial charge in [0.25, 0.3) is 5.91 Å². The molecular formula is C14H16N2O2S. The van der Waals surface area contributed by atoms with Gasteiger partial charge in [0.15, 0.2) is 0 Å². The van der Waals surface area contributed by atoms with E-state index < -0.39 is 0 Å². The van der Waals surface area contributed by atoms with Gasteiger partial charge in [-0.3, -0.25) is 4.79 Å². The molecular weight excluding hydrogens is 260 g/mol. The fraction of sp³-hybridized carbons (Fsp3) is 0.214. The third kappa shape index (κ3) is 3.06. The Bertz CT molecular complexity index is 567. The molecule has 0 fully saturated rings. The normalized spacial score (nSPS) is 11.9. The first kappa shape index (κ1) is 13.4. The van der Waals surface area contributed by atoms with Crippen LogP contribution in [0.5, 0.6) is 5.75 Å². The van der Waals surface area contributed by atoms with Gasteiger partial charge < -0.3 is 15.8 Å². The van der Waals surface area contributed by atoms with Gasteiger partial charge in [0.05, 0.1) is 18.7 Å². The van der Waals surface area contributed by atoms with E-state index in [1.54, 1.807) is 29.5 Å². The van der Waals surface area contributed by atoms with Crippen molar-refractivity contribution < 1.29 is 9.53 Å². The molecule has 0 aliphatic heterocycles. The molecule has 0 aliphatic carbocycles. The van der Waals surface area contributed by atoms with Crippen LogP contribution < -0.4 is 15.8 Å². The summed E-state index contributed by atoms with van der Waals surface area (Å²) in [5.74, 6) is 0.329. The highest BCUT2D eigenvalue weighted by Gasteiger charge is 2.16. The van der Waals surface area contributed by atoms with Crippen LogP contribution in [0.3, 0.4) is 0 Å². The van der Waals surface area contributed by atoms with Crippen LogP contribution in [0.15, 0.2) is 35.7 Å². The van der Waals surface area contributed by atoms with Crippen LogP contribution in [-0.2, 0) is 0 Å². The van der Waals surface area contributed by atoms with E-state index in [9.17, 15) is 4.79 Å². The van der Waals surface area contributed by atoms with E-state index in [1.807, 2.05) is 24.4 Å². The lowest BCUT2D eigenvalue weighted by molar-refractivity contribution is 0.0937. The molecule has 100 valence electrons. The SMILES string of the molecule is COc1ccc(N)cc1C(=O)NC(C)c1cccs1. The Labute approximate surface area is 116 Å². The molecule has 4 nitrogen and oxygen atoms in total. The molecule has 2 aromatic rings. The lowest BCUT2D eigenvalue weighted by Crippen LogP contribution is -2.26. The number of carbonyl (C=O) groups excluding carboxylic acids is 1. The number of rotatable bonds is 4. The van der Waals surface area contributed by atoms with E-state index >= 15 is 0 Å². The standard InChI is InChI=1S/C14H16N2O2S/c1-9(13-4-3-7-19-13)16-14(17)11-8-10(15)5-6-12(11)18-2/h3-9H,15H2,1-2H3,(H,16,17). The van der Waals surface area contributed by atoms with Crippen LogP contribution in [0, 0.1) is 0 Å². The Hall–Kier alpha value is -2.01. The molecule has 1 atom stereocenters. The quantitative estimate of drug-likeness (QED) is 0.844. The summed E-state index contributed by atoms with van der Waals surface area (Å²) in [6.45, 7) is 1.95. The molecule has 0 aliphatic rings. The lowest BCUT2D eigenvalue weighted by Gasteiger charge is -2.14. The molecule has 1 unspecified atom stereocenters. The number of ether oxygens (including phenoxy) is 1. The maximum Gasteiger partial charge on any atom is 0.255 e. The van der Waals surface area contributed by atoms with Gasteiger partial charge in [-0.15, -0.1) is 11.3 Å². The Morgan fingerprint density at radius 3 is 2.84 bits per heavy atom. The monoisotopic (exact) mass is 276 g/mol. The zero-order valence-electron chi connectivity index (χ0n) is 10.8. The molecule has 1 heterocycles. The average Bonchev–Trinajstić information content (AvgIpc) is 2.92. The Morgan fingerprint density at radius 1 is 1.42 bits per heavy atom. The van der Waals surface area contributed by atoms with Crippen molar-refractivity contribution in [2.75, 3.05) is 12.8 Å². The van der Waals surface area contributed by atoms with E-state index in [-0.39, 0.29) is 11.9 Å². The van der Waals surface area contributed by atoms with E-state index in [4.69, 9.17) is 10.5 Å². The molecule has 1 aromatic heterocycles. The molecule has 0 bridgehead atoms. The number of anilines is 1. The van der Waals surface area contributed by atoms with Crippen LogP contribution in [0.4, 0.5) is 5.69 Å². The van der Waals surface area contributed by atoms with Gasteiger partial charge >= 0.3 is 0 Å². The number of carbonyl (C=O) groups is 1. The maximum atomic E-state index is 12.2. The second kappa shape index (κ2) is 5.75. The van der Waals surface area contributed by atoms with E-state index in [1.165, 1.54) is 7.11 Å². The van der Waals surface area contributed by atoms with Gasteiger partial charge in [0.2, 0.25) is 0 Å². The fourth-order valence-electron chi connectivity index (χ4n) is 1.79. The largest absolute Gasteiger partial charge is 0.496 e. The number of hydrogen-bond acceptors (Lipinski definition) is 4. The summed E-state index contributed by atoms with van der Waals surface area (Å²) >= 11 is 1.61. The third-order valence-corrected chi connectivity index (χ3v) is 3.84. The number of amides is 1. The topological polar surface area (TPSA) is 64.3 Å². The molecule has 0 spiro atoms. The van der Waals surface area contributed by atoms with Gasteiger partial charge in [-0.2, -0.15) is 0 Å². The number of nitrogens with one attached hydrogen (secondary N) is 1. The summed E-state index contributed by atoms with van der Waals surface area (Å²) in [5, 5.41) is 4.92. The first-order chi connectivity index (χ1) is 9.11. The second-order valence-electron chi connectivity index (χ2n) is 4.17. The van der Waals surface area contributed by atoms with Gasteiger partial charge in [-0.05, 0) is 36.6 Å². The van der Waals surface area contributed by atoms with Crippen LogP contribution in [-0.4, -0.2) is 13.0 Å². The van der Waals surface area contributed by atoms with Crippen molar-refractivity contribution in [2.45, 2.75) is 13.0 Å². The second-order valence-corrected chi connectivity index (χ2v) is 5.15. The molecule has 0 saturated heterocycles. The Balaban J connectivity index is 2.18. The highest BCUT2D eigenvalue weighted by molar-refractivity contribution is 7.10. The van der Waals surface area contributed by atoms with E-state index in [0.29, 0.717) is 17.0 Å². The van der Waals surface area contributed by atoms with Crippen LogP contribution >= 0.6 is 11.3 Å². The Morgan fingerprint density at radius 2 is 2.21 bits per heavy atom. The zero-order chi connectivity index (χ0) is 13.8. The maximum absolute atomic E-state index is 12.2. The average molecular weight is 276 g/mol. The molecule has 5 heteroatoms. The predicted molar refractivity (Wildman–Crippen MR) is 77.6 cm³/mol. The number of nitrogens with two attached hydrogens (primary N) is 1. The molecule has 1 aromatic carbocycles. The van der Waals surface area contributed by atoms with Crippen molar-refractivity contribution >= 4 is 22.9 Å². The Kier molecular flexibility index (Phi) is 4.06. The van der Waals surface area contributed by atoms with Crippen molar-refractivity contribution in [1.82, 2.24) is 5.32 Å². The predicted octanol–water partition coefficient (Wildman–Crippen LogP) is 2.83. The third-order valence-electron chi connectivity index (χ3n) is 2.79. The molecule has 19 heavy (non-hydrogen) atoms. The number of thiophene rings is 1. The smallest absolute Gasteiger partial charge is 0.255 e. The molecule has 0 saturated carbocycles. The lowest BCUT2D eigenvalue weighted by atomic mass is 10.1. The molecule has 2 rings (SSSR count). The molecule has 0 radical (unpaired) electrons.